The summed E-state index contributed by atoms with van der Waals surface area (Å²) >= 11 is 5.78. The van der Waals surface area contributed by atoms with Gasteiger partial charge >= 0.3 is 0 Å². The van der Waals surface area contributed by atoms with Crippen LogP contribution in [0.4, 0.5) is 0 Å². The van der Waals surface area contributed by atoms with Crippen molar-refractivity contribution >= 4 is 17.5 Å². The molecule has 0 radical (unpaired) electrons. The van der Waals surface area contributed by atoms with Crippen molar-refractivity contribution in [3.05, 3.63) is 28.8 Å². The Labute approximate surface area is 106 Å². The quantitative estimate of drug-likeness (QED) is 0.750. The lowest BCUT2D eigenvalue weighted by molar-refractivity contribution is -0.121. The third-order valence-corrected chi connectivity index (χ3v) is 2.86. The first-order chi connectivity index (χ1) is 7.93. The summed E-state index contributed by atoms with van der Waals surface area (Å²) in [6, 6.07) is 4.67. The predicted octanol–water partition coefficient (Wildman–Crippen LogP) is 1.65. The number of aromatic hydroxyl groups is 1. The summed E-state index contributed by atoms with van der Waals surface area (Å²) in [5.74, 6) is -0.274. The van der Waals surface area contributed by atoms with Gasteiger partial charge in [-0.1, -0.05) is 37.6 Å². The lowest BCUT2D eigenvalue weighted by Crippen LogP contribution is -2.44. The lowest BCUT2D eigenvalue weighted by Gasteiger charge is -2.19. The first kappa shape index (κ1) is 13.8. The molecular formula is C12H17ClN2O2. The predicted molar refractivity (Wildman–Crippen MR) is 67.8 cm³/mol. The van der Waals surface area contributed by atoms with E-state index in [0.717, 1.165) is 0 Å². The molecule has 1 aromatic carbocycles. The number of halogens is 1. The van der Waals surface area contributed by atoms with Crippen molar-refractivity contribution in [2.75, 3.05) is 0 Å². The standard InChI is InChI=1S/C12H17ClN2O2/c1-7(2)10(12(14)17)15-6-8-4-3-5-9(13)11(8)16/h3-5,7,10,15-16H,6H2,1-2H3,(H2,14,17). The van der Waals surface area contributed by atoms with Crippen LogP contribution < -0.4 is 11.1 Å². The molecule has 94 valence electrons. The third-order valence-electron chi connectivity index (χ3n) is 2.56. The number of phenols is 1. The molecule has 0 aliphatic carbocycles. The van der Waals surface area contributed by atoms with Gasteiger partial charge in [-0.15, -0.1) is 0 Å². The minimum atomic E-state index is -0.423. The molecular weight excluding hydrogens is 240 g/mol. The van der Waals surface area contributed by atoms with Gasteiger partial charge in [0.15, 0.2) is 0 Å². The van der Waals surface area contributed by atoms with E-state index < -0.39 is 11.9 Å². The Bertz CT molecular complexity index is 407. The Kier molecular flexibility index (Phi) is 4.78. The van der Waals surface area contributed by atoms with Crippen LogP contribution in [0, 0.1) is 5.92 Å². The van der Waals surface area contributed by atoms with Gasteiger partial charge in [-0.2, -0.15) is 0 Å². The van der Waals surface area contributed by atoms with Gasteiger partial charge in [-0.25, -0.2) is 0 Å². The highest BCUT2D eigenvalue weighted by atomic mass is 35.5. The van der Waals surface area contributed by atoms with E-state index in [2.05, 4.69) is 5.32 Å². The number of phenolic OH excluding ortho intramolecular Hbond substituents is 1. The van der Waals surface area contributed by atoms with Crippen LogP contribution in [-0.2, 0) is 11.3 Å². The zero-order chi connectivity index (χ0) is 13.0. The number of hydrogen-bond donors (Lipinski definition) is 3. The fraction of sp³-hybridized carbons (Fsp3) is 0.417. The van der Waals surface area contributed by atoms with Gasteiger partial charge in [0, 0.05) is 12.1 Å². The molecule has 0 spiro atoms. The van der Waals surface area contributed by atoms with Crippen molar-refractivity contribution < 1.29 is 9.90 Å². The highest BCUT2D eigenvalue weighted by molar-refractivity contribution is 6.32. The van der Waals surface area contributed by atoms with E-state index in [1.807, 2.05) is 13.8 Å². The largest absolute Gasteiger partial charge is 0.506 e. The zero-order valence-electron chi connectivity index (χ0n) is 9.90. The number of carbonyl (C=O) groups is 1. The van der Waals surface area contributed by atoms with E-state index in [1.54, 1.807) is 18.2 Å². The number of carbonyl (C=O) groups excluding carboxylic acids is 1. The normalized spacial score (nSPS) is 12.7. The summed E-state index contributed by atoms with van der Waals surface area (Å²) in [4.78, 5) is 11.2. The maximum absolute atomic E-state index is 11.2. The van der Waals surface area contributed by atoms with Crippen LogP contribution in [0.2, 0.25) is 5.02 Å². The highest BCUT2D eigenvalue weighted by Crippen LogP contribution is 2.26. The molecule has 0 aliphatic rings. The van der Waals surface area contributed by atoms with Crippen LogP contribution in [0.15, 0.2) is 18.2 Å². The third kappa shape index (κ3) is 3.61. The van der Waals surface area contributed by atoms with Crippen LogP contribution in [0.25, 0.3) is 0 Å². The van der Waals surface area contributed by atoms with E-state index in [4.69, 9.17) is 17.3 Å². The lowest BCUT2D eigenvalue weighted by atomic mass is 10.0. The number of para-hydroxylation sites is 1. The number of amides is 1. The van der Waals surface area contributed by atoms with E-state index in [0.29, 0.717) is 17.1 Å². The fourth-order valence-electron chi connectivity index (χ4n) is 1.59. The zero-order valence-corrected chi connectivity index (χ0v) is 10.7. The van der Waals surface area contributed by atoms with Crippen molar-refractivity contribution in [3.63, 3.8) is 0 Å². The average Bonchev–Trinajstić information content (AvgIpc) is 2.23. The van der Waals surface area contributed by atoms with Crippen LogP contribution >= 0.6 is 11.6 Å². The van der Waals surface area contributed by atoms with Crippen molar-refractivity contribution in [2.24, 2.45) is 11.7 Å². The van der Waals surface area contributed by atoms with Crippen molar-refractivity contribution in [1.82, 2.24) is 5.32 Å². The number of nitrogens with one attached hydrogen (secondary N) is 1. The van der Waals surface area contributed by atoms with Crippen LogP contribution in [0.5, 0.6) is 5.75 Å². The number of rotatable bonds is 5. The van der Waals surface area contributed by atoms with Gasteiger partial charge in [0.2, 0.25) is 5.91 Å². The number of hydrogen-bond acceptors (Lipinski definition) is 3. The minimum absolute atomic E-state index is 0.0358. The van der Waals surface area contributed by atoms with Crippen LogP contribution in [0.1, 0.15) is 19.4 Å². The number of primary amides is 1. The van der Waals surface area contributed by atoms with Gasteiger partial charge in [-0.05, 0) is 12.0 Å². The molecule has 1 rings (SSSR count). The second-order valence-electron chi connectivity index (χ2n) is 4.25. The topological polar surface area (TPSA) is 75.3 Å². The SMILES string of the molecule is CC(C)C(NCc1cccc(Cl)c1O)C(N)=O. The minimum Gasteiger partial charge on any atom is -0.506 e. The summed E-state index contributed by atoms with van der Waals surface area (Å²) in [6.45, 7) is 4.15. The Balaban J connectivity index is 2.72. The van der Waals surface area contributed by atoms with Gasteiger partial charge in [0.05, 0.1) is 11.1 Å². The Hall–Kier alpha value is -1.26. The van der Waals surface area contributed by atoms with E-state index >= 15 is 0 Å². The average molecular weight is 257 g/mol. The van der Waals surface area contributed by atoms with Crippen molar-refractivity contribution in [1.29, 1.82) is 0 Å². The molecule has 4 N–H and O–H groups in total. The molecule has 17 heavy (non-hydrogen) atoms. The van der Waals surface area contributed by atoms with Gasteiger partial charge < -0.3 is 16.2 Å². The Morgan fingerprint density at radius 3 is 2.71 bits per heavy atom. The first-order valence-electron chi connectivity index (χ1n) is 5.42. The van der Waals surface area contributed by atoms with Gasteiger partial charge in [-0.3, -0.25) is 4.79 Å². The van der Waals surface area contributed by atoms with Gasteiger partial charge in [0.25, 0.3) is 0 Å². The molecule has 4 nitrogen and oxygen atoms in total. The second kappa shape index (κ2) is 5.89. The van der Waals surface area contributed by atoms with Crippen LogP contribution in [-0.4, -0.2) is 17.1 Å². The van der Waals surface area contributed by atoms with E-state index in [-0.39, 0.29) is 11.7 Å². The molecule has 1 aromatic rings. The summed E-state index contributed by atoms with van der Waals surface area (Å²) in [5, 5.41) is 13.0. The fourth-order valence-corrected chi connectivity index (χ4v) is 1.78. The maximum Gasteiger partial charge on any atom is 0.234 e. The molecule has 0 saturated carbocycles. The first-order valence-corrected chi connectivity index (χ1v) is 5.80. The van der Waals surface area contributed by atoms with Crippen molar-refractivity contribution in [2.45, 2.75) is 26.4 Å². The molecule has 1 unspecified atom stereocenters. The number of benzene rings is 1. The molecule has 0 aliphatic heterocycles. The van der Waals surface area contributed by atoms with E-state index in [9.17, 15) is 9.90 Å². The monoisotopic (exact) mass is 256 g/mol. The summed E-state index contributed by atoms with van der Waals surface area (Å²) in [6.07, 6.45) is 0. The van der Waals surface area contributed by atoms with Crippen molar-refractivity contribution in [3.8, 4) is 5.75 Å². The second-order valence-corrected chi connectivity index (χ2v) is 4.66. The highest BCUT2D eigenvalue weighted by Gasteiger charge is 2.19. The summed E-state index contributed by atoms with van der Waals surface area (Å²) in [5.41, 5.74) is 5.92. The smallest absolute Gasteiger partial charge is 0.234 e. The molecule has 0 heterocycles. The molecule has 1 amide bonds. The van der Waals surface area contributed by atoms with E-state index in [1.165, 1.54) is 0 Å². The summed E-state index contributed by atoms with van der Waals surface area (Å²) in [7, 11) is 0. The molecule has 5 heteroatoms. The molecule has 0 fully saturated rings. The maximum atomic E-state index is 11.2. The number of nitrogens with two attached hydrogens (primary N) is 1. The Morgan fingerprint density at radius 1 is 1.53 bits per heavy atom. The molecule has 0 saturated heterocycles. The van der Waals surface area contributed by atoms with Gasteiger partial charge in [0.1, 0.15) is 5.75 Å². The molecule has 1 atom stereocenters. The van der Waals surface area contributed by atoms with Crippen LogP contribution in [0.3, 0.4) is 0 Å². The molecule has 0 bridgehead atoms. The molecule has 0 aromatic heterocycles. The summed E-state index contributed by atoms with van der Waals surface area (Å²) < 4.78 is 0. The Morgan fingerprint density at radius 2 is 2.18 bits per heavy atom.